The number of hydrogen-bond donors (Lipinski definition) is 0. The zero-order valence-electron chi connectivity index (χ0n) is 15.4. The van der Waals surface area contributed by atoms with E-state index in [2.05, 4.69) is 4.90 Å². The summed E-state index contributed by atoms with van der Waals surface area (Å²) in [6.45, 7) is 3.09. The quantitative estimate of drug-likeness (QED) is 0.797. The molecule has 4 rings (SSSR count). The highest BCUT2D eigenvalue weighted by molar-refractivity contribution is 6.28. The minimum absolute atomic E-state index is 0.0250. The summed E-state index contributed by atoms with van der Waals surface area (Å²) in [6.07, 6.45) is 0. The van der Waals surface area contributed by atoms with E-state index in [1.165, 1.54) is 6.07 Å². The number of hydrogen-bond acceptors (Lipinski definition) is 3. The first-order valence-electron chi connectivity index (χ1n) is 9.12. The van der Waals surface area contributed by atoms with E-state index in [1.807, 2.05) is 17.0 Å². The predicted octanol–water partition coefficient (Wildman–Crippen LogP) is 3.86. The third kappa shape index (κ3) is 3.56. The van der Waals surface area contributed by atoms with Gasteiger partial charge in [-0.2, -0.15) is 0 Å². The number of halogens is 2. The van der Waals surface area contributed by atoms with Gasteiger partial charge in [0.1, 0.15) is 11.6 Å². The van der Waals surface area contributed by atoms with Crippen LogP contribution in [0.1, 0.15) is 17.4 Å². The summed E-state index contributed by atoms with van der Waals surface area (Å²) in [6, 6.07) is 10.1. The van der Waals surface area contributed by atoms with E-state index in [0.717, 1.165) is 24.4 Å². The molecule has 0 aliphatic carbocycles. The Morgan fingerprint density at radius 2 is 2.07 bits per heavy atom. The monoisotopic (exact) mass is 391 g/mol. The molecule has 3 atom stereocenters. The summed E-state index contributed by atoms with van der Waals surface area (Å²) in [5.74, 6) is 1.19. The van der Waals surface area contributed by atoms with Gasteiger partial charge in [-0.3, -0.25) is 4.90 Å². The molecule has 2 saturated heterocycles. The molecule has 0 saturated carbocycles. The molecule has 0 bridgehead atoms. The van der Waals surface area contributed by atoms with Crippen LogP contribution in [0.15, 0.2) is 40.8 Å². The van der Waals surface area contributed by atoms with Crippen LogP contribution in [0.3, 0.4) is 0 Å². The zero-order valence-corrected chi connectivity index (χ0v) is 16.2. The van der Waals surface area contributed by atoms with Gasteiger partial charge in [0.2, 0.25) is 0 Å². The summed E-state index contributed by atoms with van der Waals surface area (Å²) < 4.78 is 19.4. The number of benzene rings is 1. The second-order valence-electron chi connectivity index (χ2n) is 7.65. The average Bonchev–Trinajstić information content (AvgIpc) is 3.28. The number of urea groups is 1. The number of fused-ring (bicyclic) bond motifs is 1. The maximum Gasteiger partial charge on any atom is 0.320 e. The van der Waals surface area contributed by atoms with Gasteiger partial charge in [0.25, 0.3) is 0 Å². The van der Waals surface area contributed by atoms with Crippen molar-refractivity contribution < 1.29 is 13.6 Å². The molecule has 144 valence electrons. The van der Waals surface area contributed by atoms with Crippen molar-refractivity contribution in [2.45, 2.75) is 12.6 Å². The van der Waals surface area contributed by atoms with Crippen molar-refractivity contribution in [3.8, 4) is 0 Å². The normalized spacial score (nSPS) is 25.0. The Morgan fingerprint density at radius 1 is 1.26 bits per heavy atom. The summed E-state index contributed by atoms with van der Waals surface area (Å²) in [7, 11) is 3.51. The number of rotatable bonds is 3. The molecule has 2 fully saturated rings. The molecule has 5 nitrogen and oxygen atoms in total. The van der Waals surface area contributed by atoms with Crippen LogP contribution in [0.25, 0.3) is 0 Å². The average molecular weight is 392 g/mol. The molecule has 1 aromatic heterocycles. The topological polar surface area (TPSA) is 39.9 Å². The van der Waals surface area contributed by atoms with E-state index in [9.17, 15) is 9.18 Å². The van der Waals surface area contributed by atoms with E-state index in [-0.39, 0.29) is 23.8 Å². The molecule has 1 aromatic carbocycles. The standard InChI is InChI=1S/C20H23ClFN3O2/c1-23(2)20(26)25-10-14-9-24(11-16-6-7-18(21)27-16)12-17(14)19(25)13-4-3-5-15(22)8-13/h3-8,14,17,19H,9-12H2,1-2H3/t14-,17-,19+/m1/s1. The van der Waals surface area contributed by atoms with E-state index in [1.54, 1.807) is 37.2 Å². The van der Waals surface area contributed by atoms with Gasteiger partial charge in [0.05, 0.1) is 12.6 Å². The van der Waals surface area contributed by atoms with Crippen LogP contribution in [0.5, 0.6) is 0 Å². The van der Waals surface area contributed by atoms with Gasteiger partial charge >= 0.3 is 6.03 Å². The smallest absolute Gasteiger partial charge is 0.320 e. The third-order valence-corrected chi connectivity index (χ3v) is 5.77. The minimum atomic E-state index is -0.270. The van der Waals surface area contributed by atoms with Crippen molar-refractivity contribution in [1.82, 2.24) is 14.7 Å². The molecule has 2 aromatic rings. The summed E-state index contributed by atoms with van der Waals surface area (Å²) in [5.41, 5.74) is 0.862. The molecule has 2 amide bonds. The second kappa shape index (κ2) is 7.17. The highest BCUT2D eigenvalue weighted by Crippen LogP contribution is 2.45. The first-order valence-corrected chi connectivity index (χ1v) is 9.50. The maximum absolute atomic E-state index is 13.9. The van der Waals surface area contributed by atoms with E-state index >= 15 is 0 Å². The van der Waals surface area contributed by atoms with Crippen molar-refractivity contribution >= 4 is 17.6 Å². The van der Waals surface area contributed by atoms with Crippen molar-refractivity contribution in [1.29, 1.82) is 0 Å². The summed E-state index contributed by atoms with van der Waals surface area (Å²) in [4.78, 5) is 18.5. The zero-order chi connectivity index (χ0) is 19.1. The van der Waals surface area contributed by atoms with E-state index in [4.69, 9.17) is 16.0 Å². The number of nitrogens with zero attached hydrogens (tertiary/aromatic N) is 3. The Labute approximate surface area is 163 Å². The molecular weight excluding hydrogens is 369 g/mol. The highest BCUT2D eigenvalue weighted by Gasteiger charge is 2.49. The predicted molar refractivity (Wildman–Crippen MR) is 101 cm³/mol. The van der Waals surface area contributed by atoms with Crippen molar-refractivity contribution in [2.24, 2.45) is 11.8 Å². The van der Waals surface area contributed by atoms with Crippen LogP contribution < -0.4 is 0 Å². The Hall–Kier alpha value is -2.05. The molecule has 3 heterocycles. The maximum atomic E-state index is 13.9. The molecule has 2 aliphatic rings. The number of likely N-dealkylation sites (tertiary alicyclic amines) is 2. The molecule has 0 unspecified atom stereocenters. The molecule has 7 heteroatoms. The van der Waals surface area contributed by atoms with Crippen LogP contribution in [0, 0.1) is 17.7 Å². The van der Waals surface area contributed by atoms with E-state index < -0.39 is 0 Å². The lowest BCUT2D eigenvalue weighted by molar-refractivity contribution is 0.150. The number of carbonyl (C=O) groups is 1. The summed E-state index contributed by atoms with van der Waals surface area (Å²) in [5, 5.41) is 0.393. The second-order valence-corrected chi connectivity index (χ2v) is 8.03. The number of amides is 2. The van der Waals surface area contributed by atoms with Gasteiger partial charge in [-0.05, 0) is 47.3 Å². The van der Waals surface area contributed by atoms with Crippen LogP contribution in [0.4, 0.5) is 9.18 Å². The molecule has 27 heavy (non-hydrogen) atoms. The lowest BCUT2D eigenvalue weighted by Gasteiger charge is -2.31. The number of furan rings is 1. The van der Waals surface area contributed by atoms with Gasteiger partial charge in [-0.15, -0.1) is 0 Å². The SMILES string of the molecule is CN(C)C(=O)N1C[C@H]2CN(Cc3ccc(Cl)o3)C[C@H]2[C@@H]1c1cccc(F)c1. The third-order valence-electron chi connectivity index (χ3n) is 5.57. The van der Waals surface area contributed by atoms with Crippen molar-refractivity contribution in [3.63, 3.8) is 0 Å². The fourth-order valence-corrected chi connectivity index (χ4v) is 4.66. The fourth-order valence-electron chi connectivity index (χ4n) is 4.49. The van der Waals surface area contributed by atoms with Gasteiger partial charge in [-0.1, -0.05) is 12.1 Å². The van der Waals surface area contributed by atoms with Gasteiger partial charge in [0.15, 0.2) is 5.22 Å². The van der Waals surface area contributed by atoms with E-state index in [0.29, 0.717) is 24.2 Å². The van der Waals surface area contributed by atoms with Crippen LogP contribution >= 0.6 is 11.6 Å². The van der Waals surface area contributed by atoms with Gasteiger partial charge < -0.3 is 14.2 Å². The summed E-state index contributed by atoms with van der Waals surface area (Å²) >= 11 is 5.87. The first kappa shape index (κ1) is 18.3. The van der Waals surface area contributed by atoms with Crippen molar-refractivity contribution in [3.05, 3.63) is 58.8 Å². The molecule has 0 radical (unpaired) electrons. The Morgan fingerprint density at radius 3 is 2.74 bits per heavy atom. The minimum Gasteiger partial charge on any atom is -0.448 e. The Bertz CT molecular complexity index is 840. The first-order chi connectivity index (χ1) is 12.9. The van der Waals surface area contributed by atoms with Crippen LogP contribution in [-0.2, 0) is 6.54 Å². The molecular formula is C20H23ClFN3O2. The Kier molecular flexibility index (Phi) is 4.86. The van der Waals surface area contributed by atoms with Gasteiger partial charge in [0, 0.05) is 39.6 Å². The van der Waals surface area contributed by atoms with Crippen molar-refractivity contribution in [2.75, 3.05) is 33.7 Å². The van der Waals surface area contributed by atoms with Crippen LogP contribution in [-0.4, -0.2) is 54.5 Å². The molecule has 0 spiro atoms. The lowest BCUT2D eigenvalue weighted by atomic mass is 9.89. The number of carbonyl (C=O) groups excluding carboxylic acids is 1. The van der Waals surface area contributed by atoms with Crippen LogP contribution in [0.2, 0.25) is 5.22 Å². The van der Waals surface area contributed by atoms with Gasteiger partial charge in [-0.25, -0.2) is 9.18 Å². The Balaban J connectivity index is 1.57. The molecule has 2 aliphatic heterocycles. The molecule has 0 N–H and O–H groups in total. The largest absolute Gasteiger partial charge is 0.448 e. The lowest BCUT2D eigenvalue weighted by Crippen LogP contribution is -2.41. The fraction of sp³-hybridized carbons (Fsp3) is 0.450. The highest BCUT2D eigenvalue weighted by atomic mass is 35.5.